The maximum atomic E-state index is 7.87. The van der Waals surface area contributed by atoms with Crippen LogP contribution < -0.4 is 0 Å². The highest BCUT2D eigenvalue weighted by atomic mass is 32.2. The van der Waals surface area contributed by atoms with E-state index in [1.807, 2.05) is 6.92 Å². The molecular formula is C2H6O2S2. The fraction of sp³-hybridized carbons (Fsp3) is 1.00. The van der Waals surface area contributed by atoms with Crippen LogP contribution in [0.4, 0.5) is 0 Å². The Bertz CT molecular complexity index is 21.5. The summed E-state index contributed by atoms with van der Waals surface area (Å²) in [6, 6.07) is 0. The summed E-state index contributed by atoms with van der Waals surface area (Å²) in [6.45, 7) is 1.95. The lowest BCUT2D eigenvalue weighted by Crippen LogP contribution is -1.63. The minimum absolute atomic E-state index is 0.389. The van der Waals surface area contributed by atoms with Gasteiger partial charge in [0, 0.05) is 17.8 Å². The molecule has 0 rings (SSSR count). The zero-order chi connectivity index (χ0) is 4.83. The summed E-state index contributed by atoms with van der Waals surface area (Å²) in [5, 5.41) is 0. The van der Waals surface area contributed by atoms with E-state index in [-0.39, 0.29) is 0 Å². The molecule has 0 atom stereocenters. The highest BCUT2D eigenvalue weighted by molar-refractivity contribution is 8.05. The molecular weight excluding hydrogens is 120 g/mol. The fourth-order valence-corrected chi connectivity index (χ4v) is 0.627. The van der Waals surface area contributed by atoms with E-state index in [2.05, 4.69) is 3.63 Å². The highest BCUT2D eigenvalue weighted by Crippen LogP contribution is 2.08. The lowest BCUT2D eigenvalue weighted by molar-refractivity contribution is 0.582. The molecule has 0 amide bonds. The summed E-state index contributed by atoms with van der Waals surface area (Å²) in [5.74, 6) is 0.869. The molecule has 0 bridgehead atoms. The third-order valence-electron chi connectivity index (χ3n) is 0.196. The van der Waals surface area contributed by atoms with Crippen LogP contribution in [0.3, 0.4) is 0 Å². The van der Waals surface area contributed by atoms with Gasteiger partial charge in [-0.05, 0) is 0 Å². The van der Waals surface area contributed by atoms with Crippen molar-refractivity contribution in [3.63, 3.8) is 0 Å². The van der Waals surface area contributed by atoms with Crippen LogP contribution in [0.2, 0.25) is 0 Å². The van der Waals surface area contributed by atoms with Gasteiger partial charge in [-0.1, -0.05) is 6.92 Å². The lowest BCUT2D eigenvalue weighted by atomic mass is 11.0. The van der Waals surface area contributed by atoms with E-state index in [0.717, 1.165) is 5.75 Å². The third kappa shape index (κ3) is 4.62. The van der Waals surface area contributed by atoms with Crippen LogP contribution in [0.5, 0.6) is 0 Å². The molecule has 0 aromatic rings. The molecule has 0 radical (unpaired) electrons. The first kappa shape index (κ1) is 6.62. The van der Waals surface area contributed by atoms with Gasteiger partial charge in [0.05, 0.1) is 0 Å². The molecule has 1 N–H and O–H groups in total. The van der Waals surface area contributed by atoms with Gasteiger partial charge >= 0.3 is 0 Å². The Balaban J connectivity index is 2.34. The van der Waals surface area contributed by atoms with Crippen LogP contribution in [0.25, 0.3) is 0 Å². The van der Waals surface area contributed by atoms with Gasteiger partial charge in [-0.2, -0.15) is 0 Å². The average Bonchev–Trinajstić information content (AvgIpc) is 1.61. The highest BCUT2D eigenvalue weighted by Gasteiger charge is 1.77. The zero-order valence-corrected chi connectivity index (χ0v) is 5.01. The Morgan fingerprint density at radius 2 is 2.50 bits per heavy atom. The summed E-state index contributed by atoms with van der Waals surface area (Å²) in [7, 11) is 0. The smallest absolute Gasteiger partial charge is 0.168 e. The molecule has 0 saturated heterocycles. The molecule has 4 heteroatoms. The van der Waals surface area contributed by atoms with Crippen molar-refractivity contribution in [2.75, 3.05) is 5.75 Å². The van der Waals surface area contributed by atoms with Crippen LogP contribution in [-0.4, -0.2) is 10.3 Å². The monoisotopic (exact) mass is 126 g/mol. The molecule has 38 valence electrons. The van der Waals surface area contributed by atoms with E-state index < -0.39 is 0 Å². The van der Waals surface area contributed by atoms with Crippen molar-refractivity contribution >= 4 is 24.4 Å². The maximum absolute atomic E-state index is 7.87. The molecule has 2 nitrogen and oxygen atoms in total. The SMILES string of the molecule is CCSOSO. The predicted molar refractivity (Wildman–Crippen MR) is 29.4 cm³/mol. The second-order valence-corrected chi connectivity index (χ2v) is 2.06. The van der Waals surface area contributed by atoms with E-state index in [0.29, 0.717) is 12.3 Å². The third-order valence-corrected chi connectivity index (χ3v) is 1.06. The van der Waals surface area contributed by atoms with Gasteiger partial charge in [0.2, 0.25) is 0 Å². The van der Waals surface area contributed by atoms with E-state index in [4.69, 9.17) is 4.55 Å². The van der Waals surface area contributed by atoms with E-state index >= 15 is 0 Å². The average molecular weight is 126 g/mol. The molecule has 0 aliphatic rings. The summed E-state index contributed by atoms with van der Waals surface area (Å²) < 4.78 is 12.2. The first-order valence-electron chi connectivity index (χ1n) is 1.51. The van der Waals surface area contributed by atoms with Crippen LogP contribution in [0, 0.1) is 0 Å². The van der Waals surface area contributed by atoms with Crippen molar-refractivity contribution in [2.24, 2.45) is 0 Å². The van der Waals surface area contributed by atoms with Gasteiger partial charge in [-0.25, -0.2) is 3.63 Å². The van der Waals surface area contributed by atoms with Gasteiger partial charge in [0.1, 0.15) is 0 Å². The number of rotatable bonds is 3. The van der Waals surface area contributed by atoms with Crippen molar-refractivity contribution < 1.29 is 8.18 Å². The van der Waals surface area contributed by atoms with Gasteiger partial charge < -0.3 is 4.55 Å². The summed E-state index contributed by atoms with van der Waals surface area (Å²) in [5.41, 5.74) is 0. The van der Waals surface area contributed by atoms with Gasteiger partial charge in [0.15, 0.2) is 12.3 Å². The summed E-state index contributed by atoms with van der Waals surface area (Å²) in [4.78, 5) is 0. The van der Waals surface area contributed by atoms with Crippen molar-refractivity contribution in [3.05, 3.63) is 0 Å². The molecule has 0 heterocycles. The molecule has 0 saturated carbocycles. The Hall–Kier alpha value is 0.620. The second-order valence-electron chi connectivity index (χ2n) is 0.549. The first-order chi connectivity index (χ1) is 2.91. The Kier molecular flexibility index (Phi) is 6.20. The number of hydrogen-bond acceptors (Lipinski definition) is 4. The molecule has 0 aliphatic heterocycles. The minimum Gasteiger partial charge on any atom is -0.306 e. The van der Waals surface area contributed by atoms with Crippen LogP contribution >= 0.6 is 24.4 Å². The second kappa shape index (κ2) is 5.62. The quantitative estimate of drug-likeness (QED) is 0.461. The van der Waals surface area contributed by atoms with Crippen molar-refractivity contribution in [3.8, 4) is 0 Å². The van der Waals surface area contributed by atoms with Crippen molar-refractivity contribution in [1.29, 1.82) is 0 Å². The normalized spacial score (nSPS) is 9.00. The molecule has 0 unspecified atom stereocenters. The molecule has 0 aromatic carbocycles. The topological polar surface area (TPSA) is 29.5 Å². The van der Waals surface area contributed by atoms with E-state index in [1.54, 1.807) is 0 Å². The van der Waals surface area contributed by atoms with Crippen molar-refractivity contribution in [2.45, 2.75) is 6.92 Å². The van der Waals surface area contributed by atoms with Crippen LogP contribution in [0.15, 0.2) is 0 Å². The van der Waals surface area contributed by atoms with E-state index in [1.165, 1.54) is 12.0 Å². The Morgan fingerprint density at radius 1 is 1.83 bits per heavy atom. The largest absolute Gasteiger partial charge is 0.306 e. The molecule has 0 aliphatic carbocycles. The standard InChI is InChI=1S/C2H6O2S2/c1-2-5-4-6-3/h3H,2H2,1H3. The van der Waals surface area contributed by atoms with Gasteiger partial charge in [0.25, 0.3) is 0 Å². The molecule has 6 heavy (non-hydrogen) atoms. The number of hydrogen-bond donors (Lipinski definition) is 1. The summed E-state index contributed by atoms with van der Waals surface area (Å²) >= 11 is 1.61. The Morgan fingerprint density at radius 3 is 2.67 bits per heavy atom. The van der Waals surface area contributed by atoms with Gasteiger partial charge in [-0.3, -0.25) is 0 Å². The summed E-state index contributed by atoms with van der Waals surface area (Å²) in [6.07, 6.45) is 0. The zero-order valence-electron chi connectivity index (χ0n) is 3.38. The molecule has 0 spiro atoms. The Labute approximate surface area is 45.9 Å². The van der Waals surface area contributed by atoms with Crippen LogP contribution in [0.1, 0.15) is 6.92 Å². The van der Waals surface area contributed by atoms with Gasteiger partial charge in [-0.15, -0.1) is 0 Å². The molecule has 0 aromatic heterocycles. The lowest BCUT2D eigenvalue weighted by Gasteiger charge is -1.85. The predicted octanol–water partition coefficient (Wildman–Crippen LogP) is 1.79. The maximum Gasteiger partial charge on any atom is 0.168 e. The molecule has 0 fully saturated rings. The minimum atomic E-state index is 0.389. The fourth-order valence-electron chi connectivity index (χ4n) is 0.0696. The van der Waals surface area contributed by atoms with E-state index in [9.17, 15) is 0 Å². The van der Waals surface area contributed by atoms with Crippen molar-refractivity contribution in [1.82, 2.24) is 0 Å². The first-order valence-corrected chi connectivity index (χ1v) is 3.12. The van der Waals surface area contributed by atoms with Crippen LogP contribution in [-0.2, 0) is 3.63 Å².